The Kier molecular flexibility index (Phi) is 16.2. The second-order valence-corrected chi connectivity index (χ2v) is 19.9. The zero-order valence-electron chi connectivity index (χ0n) is 39.6. The van der Waals surface area contributed by atoms with Crippen LogP contribution in [-0.2, 0) is 10.8 Å². The van der Waals surface area contributed by atoms with Crippen LogP contribution in [0.5, 0.6) is 0 Å². The minimum Gasteiger partial charge on any atom is -0.309 e. The fraction of sp³-hybridized carbons (Fsp3) is 0.593. The van der Waals surface area contributed by atoms with Gasteiger partial charge in [0.2, 0.25) is 0 Å². The minimum atomic E-state index is -0.0159. The summed E-state index contributed by atoms with van der Waals surface area (Å²) >= 11 is 0. The quantitative estimate of drug-likeness (QED) is 0.0621. The molecule has 0 amide bonds. The van der Waals surface area contributed by atoms with E-state index in [-0.39, 0.29) is 10.8 Å². The van der Waals surface area contributed by atoms with E-state index in [1.54, 1.807) is 5.56 Å². The van der Waals surface area contributed by atoms with Crippen LogP contribution in [0.3, 0.4) is 0 Å². The van der Waals surface area contributed by atoms with E-state index >= 15 is 0 Å². The average molecular weight is 813 g/mol. The lowest BCUT2D eigenvalue weighted by molar-refractivity contribution is 0.359. The molecule has 0 atom stereocenters. The Bertz CT molecular complexity index is 1810. The summed E-state index contributed by atoms with van der Waals surface area (Å²) in [4.78, 5) is 19.6. The fourth-order valence-electron chi connectivity index (χ4n) is 10.8. The highest BCUT2D eigenvalue weighted by molar-refractivity contribution is 5.85. The van der Waals surface area contributed by atoms with E-state index in [0.29, 0.717) is 0 Å². The Morgan fingerprint density at radius 2 is 0.800 bits per heavy atom. The number of hydrogen-bond acceptors (Lipinski definition) is 6. The van der Waals surface area contributed by atoms with Gasteiger partial charge in [-0.25, -0.2) is 0 Å². The molecule has 0 spiro atoms. The van der Waals surface area contributed by atoms with E-state index in [1.807, 2.05) is 0 Å². The Hall–Kier alpha value is -3.42. The number of pyridine rings is 2. The van der Waals surface area contributed by atoms with Gasteiger partial charge in [0.1, 0.15) is 0 Å². The highest BCUT2D eigenvalue weighted by atomic mass is 15.1. The number of rotatable bonds is 25. The molecule has 60 heavy (non-hydrogen) atoms. The first-order valence-electron chi connectivity index (χ1n) is 23.7. The number of aromatic nitrogens is 2. The van der Waals surface area contributed by atoms with Crippen molar-refractivity contribution in [2.45, 2.75) is 127 Å². The van der Waals surface area contributed by atoms with Gasteiger partial charge in [-0.3, -0.25) is 9.97 Å². The molecular formula is C54H80N6. The molecule has 2 heterocycles. The molecule has 0 radical (unpaired) electrons. The predicted octanol–water partition coefficient (Wildman–Crippen LogP) is 11.8. The van der Waals surface area contributed by atoms with Crippen molar-refractivity contribution >= 4 is 0 Å². The predicted molar refractivity (Wildman–Crippen MR) is 257 cm³/mol. The largest absolute Gasteiger partial charge is 0.309 e. The van der Waals surface area contributed by atoms with Gasteiger partial charge < -0.3 is 19.6 Å². The van der Waals surface area contributed by atoms with E-state index in [0.717, 1.165) is 37.6 Å². The highest BCUT2D eigenvalue weighted by Gasteiger charge is 2.45. The van der Waals surface area contributed by atoms with Crippen LogP contribution in [0.15, 0.2) is 60.9 Å². The number of benzene rings is 2. The van der Waals surface area contributed by atoms with E-state index in [4.69, 9.17) is 9.97 Å². The van der Waals surface area contributed by atoms with Crippen LogP contribution in [0.2, 0.25) is 0 Å². The third-order valence-corrected chi connectivity index (χ3v) is 13.9. The maximum Gasteiger partial charge on any atom is 0.0705 e. The van der Waals surface area contributed by atoms with Crippen molar-refractivity contribution in [3.05, 3.63) is 94.4 Å². The van der Waals surface area contributed by atoms with Crippen LogP contribution in [0.4, 0.5) is 0 Å². The molecule has 6 heteroatoms. The van der Waals surface area contributed by atoms with Gasteiger partial charge in [-0.2, -0.15) is 0 Å². The van der Waals surface area contributed by atoms with Gasteiger partial charge in [0.05, 0.1) is 5.69 Å². The SMILES string of the molecule is Cc1ccc2c(c1)C(CCCCCN(C)C)(CCCCCN(C)C)c1cc(-c3ccc4c(c3)C(CCCCCN(C)C)(CCCCCN(C)C)c3cc(C)ncc3-4)ncc1-2. The van der Waals surface area contributed by atoms with Crippen molar-refractivity contribution in [1.29, 1.82) is 0 Å². The Balaban J connectivity index is 1.41. The van der Waals surface area contributed by atoms with Crippen molar-refractivity contribution in [3.8, 4) is 33.5 Å². The molecule has 2 aliphatic carbocycles. The molecule has 0 saturated carbocycles. The Labute approximate surface area is 366 Å². The lowest BCUT2D eigenvalue weighted by atomic mass is 9.70. The molecule has 2 aliphatic rings. The lowest BCUT2D eigenvalue weighted by Gasteiger charge is -2.34. The normalized spacial score (nSPS) is 14.7. The fourth-order valence-corrected chi connectivity index (χ4v) is 10.8. The van der Waals surface area contributed by atoms with Crippen LogP contribution >= 0.6 is 0 Å². The lowest BCUT2D eigenvalue weighted by Crippen LogP contribution is -2.26. The van der Waals surface area contributed by atoms with Gasteiger partial charge in [0.25, 0.3) is 0 Å². The molecule has 0 N–H and O–H groups in total. The van der Waals surface area contributed by atoms with E-state index in [1.165, 1.54) is 153 Å². The number of hydrogen-bond donors (Lipinski definition) is 0. The van der Waals surface area contributed by atoms with Gasteiger partial charge >= 0.3 is 0 Å². The van der Waals surface area contributed by atoms with E-state index in [9.17, 15) is 0 Å². The monoisotopic (exact) mass is 813 g/mol. The Morgan fingerprint density at radius 1 is 0.400 bits per heavy atom. The molecule has 0 bridgehead atoms. The number of aryl methyl sites for hydroxylation is 2. The van der Waals surface area contributed by atoms with Gasteiger partial charge in [0.15, 0.2) is 0 Å². The summed E-state index contributed by atoms with van der Waals surface area (Å²) in [5.41, 5.74) is 16.5. The van der Waals surface area contributed by atoms with Crippen molar-refractivity contribution in [1.82, 2.24) is 29.6 Å². The molecule has 6 rings (SSSR count). The second kappa shape index (κ2) is 21.1. The summed E-state index contributed by atoms with van der Waals surface area (Å²) in [6, 6.07) is 19.6. The van der Waals surface area contributed by atoms with E-state index in [2.05, 4.69) is 151 Å². The van der Waals surface area contributed by atoms with Crippen LogP contribution in [0.25, 0.3) is 33.5 Å². The highest BCUT2D eigenvalue weighted by Crippen LogP contribution is 2.57. The summed E-state index contributed by atoms with van der Waals surface area (Å²) in [6.07, 6.45) is 24.2. The molecule has 326 valence electrons. The van der Waals surface area contributed by atoms with Crippen LogP contribution in [0, 0.1) is 13.8 Å². The van der Waals surface area contributed by atoms with Crippen LogP contribution in [-0.4, -0.2) is 112 Å². The zero-order valence-corrected chi connectivity index (χ0v) is 39.6. The first-order chi connectivity index (χ1) is 28.8. The van der Waals surface area contributed by atoms with Crippen molar-refractivity contribution < 1.29 is 0 Å². The standard InChI is InChI=1S/C54H80N6/c1-41-23-25-44-47-40-56-52(38-51(47)53(48(44)35-41,27-15-11-19-31-57(3)4)28-16-12-20-32-58(5)6)43-24-26-45-46-39-55-42(2)36-49(46)54(50(45)37-43,29-17-13-21-33-59(7)8)30-18-14-22-34-60(9)10/h23-26,35-40H,11-22,27-34H2,1-10H3. The smallest absolute Gasteiger partial charge is 0.0705 e. The third-order valence-electron chi connectivity index (χ3n) is 13.9. The number of unbranched alkanes of at least 4 members (excludes halogenated alkanes) is 8. The first-order valence-corrected chi connectivity index (χ1v) is 23.7. The zero-order chi connectivity index (χ0) is 42.9. The minimum absolute atomic E-state index is 0.00361. The number of nitrogens with zero attached hydrogens (tertiary/aromatic N) is 6. The second-order valence-electron chi connectivity index (χ2n) is 19.9. The molecular weight excluding hydrogens is 733 g/mol. The average Bonchev–Trinajstić information content (AvgIpc) is 3.61. The molecule has 0 saturated heterocycles. The molecule has 0 unspecified atom stereocenters. The number of fused-ring (bicyclic) bond motifs is 6. The summed E-state index contributed by atoms with van der Waals surface area (Å²) in [5.74, 6) is 0. The molecule has 0 aliphatic heterocycles. The first kappa shape index (κ1) is 46.1. The van der Waals surface area contributed by atoms with Crippen molar-refractivity contribution in [2.24, 2.45) is 0 Å². The molecule has 6 nitrogen and oxygen atoms in total. The Morgan fingerprint density at radius 3 is 1.27 bits per heavy atom. The van der Waals surface area contributed by atoms with Gasteiger partial charge in [-0.15, -0.1) is 0 Å². The van der Waals surface area contributed by atoms with E-state index < -0.39 is 0 Å². The topological polar surface area (TPSA) is 38.7 Å². The van der Waals surface area contributed by atoms with Crippen molar-refractivity contribution in [3.63, 3.8) is 0 Å². The molecule has 0 fully saturated rings. The summed E-state index contributed by atoms with van der Waals surface area (Å²) < 4.78 is 0. The van der Waals surface area contributed by atoms with Crippen molar-refractivity contribution in [2.75, 3.05) is 82.6 Å². The molecule has 2 aromatic carbocycles. The van der Waals surface area contributed by atoms with Gasteiger partial charge in [-0.05, 0) is 199 Å². The summed E-state index contributed by atoms with van der Waals surface area (Å²) in [6.45, 7) is 9.07. The maximum absolute atomic E-state index is 5.38. The molecule has 2 aromatic heterocycles. The summed E-state index contributed by atoms with van der Waals surface area (Å²) in [7, 11) is 17.6. The van der Waals surface area contributed by atoms with Gasteiger partial charge in [0, 0.05) is 45.6 Å². The van der Waals surface area contributed by atoms with Crippen LogP contribution in [0.1, 0.15) is 136 Å². The molecule has 4 aromatic rings. The third kappa shape index (κ3) is 10.8. The summed E-state index contributed by atoms with van der Waals surface area (Å²) in [5, 5.41) is 0. The van der Waals surface area contributed by atoms with Gasteiger partial charge in [-0.1, -0.05) is 87.3 Å². The maximum atomic E-state index is 5.38. The van der Waals surface area contributed by atoms with Crippen LogP contribution < -0.4 is 0 Å².